The second-order valence-electron chi connectivity index (χ2n) is 5.64. The number of Topliss-reactive ketones (excluding diaryl/α,β-unsaturated/α-hetero) is 1. The van der Waals surface area contributed by atoms with E-state index in [0.29, 0.717) is 5.56 Å². The number of nitrogens with one attached hydrogen (secondary N) is 1. The Hall–Kier alpha value is -1.15. The number of rotatable bonds is 5. The first kappa shape index (κ1) is 17.9. The maximum atomic E-state index is 12.2. The molecule has 2 N–H and O–H groups in total. The highest BCUT2D eigenvalue weighted by molar-refractivity contribution is 7.81. The summed E-state index contributed by atoms with van der Waals surface area (Å²) in [6.07, 6.45) is 0. The molecule has 1 rings (SSSR count). The fourth-order valence-corrected chi connectivity index (χ4v) is 2.44. The molecule has 0 saturated heterocycles. The molecular formula is C13H18ClNO5S. The first-order valence-corrected chi connectivity index (χ1v) is 7.92. The fraction of sp³-hybridized carbons (Fsp3) is 0.462. The van der Waals surface area contributed by atoms with Gasteiger partial charge in [0.15, 0.2) is 11.5 Å². The predicted molar refractivity (Wildman–Crippen MR) is 80.3 cm³/mol. The molecule has 0 spiro atoms. The van der Waals surface area contributed by atoms with Crippen LogP contribution in [-0.4, -0.2) is 30.3 Å². The zero-order valence-corrected chi connectivity index (χ0v) is 13.7. The van der Waals surface area contributed by atoms with Crippen molar-refractivity contribution in [1.82, 2.24) is 5.32 Å². The molecule has 0 unspecified atom stereocenters. The van der Waals surface area contributed by atoms with Crippen molar-refractivity contribution in [2.24, 2.45) is 0 Å². The molecule has 0 bridgehead atoms. The van der Waals surface area contributed by atoms with Crippen LogP contribution in [0.4, 0.5) is 0 Å². The van der Waals surface area contributed by atoms with Gasteiger partial charge < -0.3 is 9.50 Å². The quantitative estimate of drug-likeness (QED) is 0.634. The Kier molecular flexibility index (Phi) is 5.38. The third kappa shape index (κ3) is 6.01. The van der Waals surface area contributed by atoms with Crippen molar-refractivity contribution in [3.8, 4) is 5.75 Å². The second kappa shape index (κ2) is 6.31. The van der Waals surface area contributed by atoms with Gasteiger partial charge in [0.2, 0.25) is 0 Å². The van der Waals surface area contributed by atoms with Gasteiger partial charge >= 0.3 is 10.4 Å². The summed E-state index contributed by atoms with van der Waals surface area (Å²) in [7, 11) is -4.65. The van der Waals surface area contributed by atoms with E-state index < -0.39 is 16.4 Å². The van der Waals surface area contributed by atoms with E-state index in [1.165, 1.54) is 18.2 Å². The molecule has 0 heterocycles. The van der Waals surface area contributed by atoms with Crippen molar-refractivity contribution in [3.05, 3.63) is 28.8 Å². The maximum Gasteiger partial charge on any atom is 0.446 e. The van der Waals surface area contributed by atoms with E-state index in [-0.39, 0.29) is 22.1 Å². The number of benzene rings is 1. The Morgan fingerprint density at radius 2 is 1.95 bits per heavy atom. The lowest BCUT2D eigenvalue weighted by Crippen LogP contribution is -2.46. The molecular weight excluding hydrogens is 318 g/mol. The van der Waals surface area contributed by atoms with E-state index in [2.05, 4.69) is 9.50 Å². The number of ketones is 1. The zero-order chi connectivity index (χ0) is 16.4. The largest absolute Gasteiger partial charge is 0.446 e. The van der Waals surface area contributed by atoms with Crippen molar-refractivity contribution in [2.75, 3.05) is 0 Å². The van der Waals surface area contributed by atoms with Crippen LogP contribution >= 0.6 is 11.6 Å². The fourth-order valence-electron chi connectivity index (χ4n) is 1.80. The minimum atomic E-state index is -4.65. The lowest BCUT2D eigenvalue weighted by atomic mass is 10.0. The highest BCUT2D eigenvalue weighted by atomic mass is 35.5. The molecule has 118 valence electrons. The van der Waals surface area contributed by atoms with E-state index in [0.717, 1.165) is 0 Å². The van der Waals surface area contributed by atoms with E-state index in [1.54, 1.807) is 6.92 Å². The Morgan fingerprint density at radius 1 is 1.38 bits per heavy atom. The molecule has 0 amide bonds. The summed E-state index contributed by atoms with van der Waals surface area (Å²) >= 11 is 5.84. The first-order chi connectivity index (χ1) is 9.39. The monoisotopic (exact) mass is 335 g/mol. The van der Waals surface area contributed by atoms with E-state index >= 15 is 0 Å². The van der Waals surface area contributed by atoms with Crippen LogP contribution in [0.2, 0.25) is 5.02 Å². The number of halogens is 1. The van der Waals surface area contributed by atoms with Gasteiger partial charge in [0.25, 0.3) is 0 Å². The van der Waals surface area contributed by atoms with Gasteiger partial charge in [-0.2, -0.15) is 8.42 Å². The van der Waals surface area contributed by atoms with Crippen molar-refractivity contribution in [2.45, 2.75) is 39.3 Å². The Labute approximate surface area is 129 Å². The van der Waals surface area contributed by atoms with Crippen LogP contribution in [0.1, 0.15) is 38.1 Å². The van der Waals surface area contributed by atoms with E-state index in [4.69, 9.17) is 16.2 Å². The molecule has 6 nitrogen and oxygen atoms in total. The zero-order valence-electron chi connectivity index (χ0n) is 12.2. The van der Waals surface area contributed by atoms with Gasteiger partial charge in [-0.05, 0) is 45.9 Å². The second-order valence-corrected chi connectivity index (χ2v) is 7.07. The van der Waals surface area contributed by atoms with Gasteiger partial charge in [0.1, 0.15) is 0 Å². The summed E-state index contributed by atoms with van der Waals surface area (Å²) in [5.41, 5.74) is 0.0827. The minimum absolute atomic E-state index is 0.0820. The lowest BCUT2D eigenvalue weighted by Gasteiger charge is -2.25. The Morgan fingerprint density at radius 3 is 2.38 bits per heavy atom. The Balaban J connectivity index is 2.96. The highest BCUT2D eigenvalue weighted by Crippen LogP contribution is 2.27. The van der Waals surface area contributed by atoms with Crippen LogP contribution < -0.4 is 9.50 Å². The van der Waals surface area contributed by atoms with Crippen LogP contribution in [0.15, 0.2) is 18.2 Å². The predicted octanol–water partition coefficient (Wildman–Crippen LogP) is 2.48. The summed E-state index contributed by atoms with van der Waals surface area (Å²) < 4.78 is 34.2. The third-order valence-electron chi connectivity index (χ3n) is 2.45. The smallest absolute Gasteiger partial charge is 0.360 e. The number of hydrogen-bond donors (Lipinski definition) is 2. The lowest BCUT2D eigenvalue weighted by molar-refractivity contribution is 0.0935. The summed E-state index contributed by atoms with van der Waals surface area (Å²) in [6.45, 7) is 7.54. The molecule has 0 aliphatic heterocycles. The average Bonchev–Trinajstić information content (AvgIpc) is 2.27. The van der Waals surface area contributed by atoms with Gasteiger partial charge in [0, 0.05) is 11.1 Å². The van der Waals surface area contributed by atoms with Gasteiger partial charge in [-0.15, -0.1) is 0 Å². The number of hydrogen-bond acceptors (Lipinski definition) is 5. The molecule has 0 aliphatic rings. The van der Waals surface area contributed by atoms with Crippen LogP contribution in [0.25, 0.3) is 0 Å². The SMILES string of the molecule is C[C@@H](NC(C)(C)C)C(=O)c1ccc(OS(=O)(=O)O)c(Cl)c1. The molecule has 1 aromatic rings. The summed E-state index contributed by atoms with van der Waals surface area (Å²) in [4.78, 5) is 12.2. The molecule has 0 fully saturated rings. The molecule has 1 atom stereocenters. The van der Waals surface area contributed by atoms with Gasteiger partial charge in [-0.25, -0.2) is 0 Å². The molecule has 0 aromatic heterocycles. The average molecular weight is 336 g/mol. The normalized spacial score (nSPS) is 13.8. The van der Waals surface area contributed by atoms with E-state index in [9.17, 15) is 13.2 Å². The summed E-state index contributed by atoms with van der Waals surface area (Å²) in [6, 6.07) is 3.46. The van der Waals surface area contributed by atoms with Crippen LogP contribution in [-0.2, 0) is 10.4 Å². The first-order valence-electron chi connectivity index (χ1n) is 6.17. The number of carbonyl (C=O) groups is 1. The van der Waals surface area contributed by atoms with Crippen LogP contribution in [0.3, 0.4) is 0 Å². The number of carbonyl (C=O) groups excluding carboxylic acids is 1. The maximum absolute atomic E-state index is 12.2. The topological polar surface area (TPSA) is 92.7 Å². The minimum Gasteiger partial charge on any atom is -0.360 e. The standard InChI is InChI=1S/C13H18ClNO5S/c1-8(15-13(2,3)4)12(16)9-5-6-11(10(14)7-9)20-21(17,18)19/h5-8,15H,1-4H3,(H,17,18,19)/t8-/m1/s1. The van der Waals surface area contributed by atoms with Crippen molar-refractivity contribution < 1.29 is 21.9 Å². The van der Waals surface area contributed by atoms with Gasteiger partial charge in [-0.3, -0.25) is 9.35 Å². The van der Waals surface area contributed by atoms with Crippen LogP contribution in [0.5, 0.6) is 5.75 Å². The summed E-state index contributed by atoms with van der Waals surface area (Å²) in [5, 5.41) is 3.05. The molecule has 0 aliphatic carbocycles. The van der Waals surface area contributed by atoms with Crippen LogP contribution in [0, 0.1) is 0 Å². The third-order valence-corrected chi connectivity index (χ3v) is 3.14. The van der Waals surface area contributed by atoms with Gasteiger partial charge in [-0.1, -0.05) is 11.6 Å². The molecule has 0 radical (unpaired) electrons. The van der Waals surface area contributed by atoms with E-state index in [1.807, 2.05) is 20.8 Å². The summed E-state index contributed by atoms with van der Waals surface area (Å²) in [5.74, 6) is -0.433. The Bertz CT molecular complexity index is 636. The molecule has 8 heteroatoms. The van der Waals surface area contributed by atoms with Crippen molar-refractivity contribution >= 4 is 27.8 Å². The van der Waals surface area contributed by atoms with Crippen molar-refractivity contribution in [3.63, 3.8) is 0 Å². The highest BCUT2D eigenvalue weighted by Gasteiger charge is 2.22. The molecule has 1 aromatic carbocycles. The molecule has 0 saturated carbocycles. The van der Waals surface area contributed by atoms with Crippen molar-refractivity contribution in [1.29, 1.82) is 0 Å². The van der Waals surface area contributed by atoms with Gasteiger partial charge in [0.05, 0.1) is 11.1 Å². The molecule has 21 heavy (non-hydrogen) atoms.